The van der Waals surface area contributed by atoms with Crippen LogP contribution in [0.3, 0.4) is 0 Å². The highest BCUT2D eigenvalue weighted by atomic mass is 35.5. The van der Waals surface area contributed by atoms with Gasteiger partial charge in [0.2, 0.25) is 11.8 Å². The van der Waals surface area contributed by atoms with Crippen LogP contribution < -0.4 is 21.3 Å². The van der Waals surface area contributed by atoms with Crippen molar-refractivity contribution in [2.24, 2.45) is 5.92 Å². The third-order valence-corrected chi connectivity index (χ3v) is 6.87. The molecule has 0 spiro atoms. The molecule has 8 nitrogen and oxygen atoms in total. The van der Waals surface area contributed by atoms with E-state index in [0.717, 1.165) is 44.9 Å². The Bertz CT molecular complexity index is 862. The zero-order chi connectivity index (χ0) is 21.5. The number of carbonyl (C=O) groups is 3. The first-order valence-electron chi connectivity index (χ1n) is 10.5. The van der Waals surface area contributed by atoms with Crippen molar-refractivity contribution < 1.29 is 14.4 Å². The van der Waals surface area contributed by atoms with Gasteiger partial charge in [-0.1, -0.05) is 11.6 Å². The van der Waals surface area contributed by atoms with E-state index in [-0.39, 0.29) is 40.8 Å². The van der Waals surface area contributed by atoms with E-state index in [0.29, 0.717) is 16.4 Å². The van der Waals surface area contributed by atoms with Gasteiger partial charge in [0.15, 0.2) is 0 Å². The van der Waals surface area contributed by atoms with E-state index in [9.17, 15) is 14.4 Å². The molecule has 0 aromatic carbocycles. The minimum Gasteiger partial charge on any atom is -0.379 e. The fourth-order valence-electron chi connectivity index (χ4n) is 5.39. The SMILES string of the molecule is CNC(=O)[C@H]1CC[C@H](NC(=O)c2cnc(Cl)cc2NC23CC(NC(C)=O)(C2)C3)CC1. The van der Waals surface area contributed by atoms with Gasteiger partial charge in [-0.3, -0.25) is 14.4 Å². The lowest BCUT2D eigenvalue weighted by molar-refractivity contribution is -0.131. The Labute approximate surface area is 180 Å². The quantitative estimate of drug-likeness (QED) is 0.512. The Morgan fingerprint density at radius 1 is 1.10 bits per heavy atom. The van der Waals surface area contributed by atoms with Crippen LogP contribution in [0.4, 0.5) is 5.69 Å². The second kappa shape index (κ2) is 7.72. The summed E-state index contributed by atoms with van der Waals surface area (Å²) < 4.78 is 0. The van der Waals surface area contributed by atoms with Gasteiger partial charge in [-0.25, -0.2) is 4.98 Å². The molecule has 1 heterocycles. The third kappa shape index (κ3) is 3.97. The fraction of sp³-hybridized carbons (Fsp3) is 0.619. The minimum absolute atomic E-state index is 0.0125. The molecule has 0 aliphatic heterocycles. The molecule has 2 bridgehead atoms. The topological polar surface area (TPSA) is 112 Å². The van der Waals surface area contributed by atoms with Crippen molar-refractivity contribution in [3.05, 3.63) is 23.0 Å². The lowest BCUT2D eigenvalue weighted by Crippen LogP contribution is -2.81. The Hall–Kier alpha value is -2.35. The molecular formula is C21H28ClN5O3. The molecule has 162 valence electrons. The number of rotatable bonds is 6. The number of amides is 3. The molecule has 4 aliphatic rings. The molecule has 4 saturated carbocycles. The van der Waals surface area contributed by atoms with Crippen molar-refractivity contribution in [2.45, 2.75) is 69.0 Å². The Morgan fingerprint density at radius 2 is 1.77 bits per heavy atom. The number of hydrogen-bond acceptors (Lipinski definition) is 5. The molecule has 30 heavy (non-hydrogen) atoms. The monoisotopic (exact) mass is 433 g/mol. The van der Waals surface area contributed by atoms with Crippen molar-refractivity contribution in [1.29, 1.82) is 0 Å². The van der Waals surface area contributed by atoms with E-state index in [1.54, 1.807) is 13.1 Å². The van der Waals surface area contributed by atoms with Crippen molar-refractivity contribution >= 4 is 35.0 Å². The van der Waals surface area contributed by atoms with Gasteiger partial charge < -0.3 is 21.3 Å². The Balaban J connectivity index is 1.38. The van der Waals surface area contributed by atoms with Crippen LogP contribution in [0, 0.1) is 5.92 Å². The first kappa shape index (κ1) is 20.9. The highest BCUT2D eigenvalue weighted by Gasteiger charge is 2.68. The van der Waals surface area contributed by atoms with E-state index < -0.39 is 0 Å². The van der Waals surface area contributed by atoms with Crippen LogP contribution in [0.15, 0.2) is 12.3 Å². The van der Waals surface area contributed by atoms with Crippen molar-refractivity contribution in [3.8, 4) is 0 Å². The van der Waals surface area contributed by atoms with Gasteiger partial charge in [-0.15, -0.1) is 0 Å². The van der Waals surface area contributed by atoms with Crippen molar-refractivity contribution in [3.63, 3.8) is 0 Å². The number of hydrogen-bond donors (Lipinski definition) is 4. The first-order chi connectivity index (χ1) is 14.2. The molecule has 4 N–H and O–H groups in total. The van der Waals surface area contributed by atoms with Crippen LogP contribution in [-0.4, -0.2) is 46.9 Å². The average Bonchev–Trinajstić information content (AvgIpc) is 2.65. The molecule has 4 fully saturated rings. The van der Waals surface area contributed by atoms with Crippen LogP contribution in [0.25, 0.3) is 0 Å². The van der Waals surface area contributed by atoms with Gasteiger partial charge in [-0.2, -0.15) is 0 Å². The van der Waals surface area contributed by atoms with Crippen LogP contribution in [0.2, 0.25) is 5.15 Å². The summed E-state index contributed by atoms with van der Waals surface area (Å²) in [4.78, 5) is 40.2. The zero-order valence-corrected chi connectivity index (χ0v) is 18.1. The molecule has 4 aliphatic carbocycles. The number of aromatic nitrogens is 1. The van der Waals surface area contributed by atoms with Crippen LogP contribution in [0.5, 0.6) is 0 Å². The van der Waals surface area contributed by atoms with Crippen molar-refractivity contribution in [2.75, 3.05) is 12.4 Å². The summed E-state index contributed by atoms with van der Waals surface area (Å²) in [6.07, 6.45) is 7.10. The lowest BCUT2D eigenvalue weighted by Gasteiger charge is -2.70. The van der Waals surface area contributed by atoms with E-state index in [1.165, 1.54) is 13.1 Å². The van der Waals surface area contributed by atoms with E-state index in [2.05, 4.69) is 26.3 Å². The van der Waals surface area contributed by atoms with E-state index >= 15 is 0 Å². The number of carbonyl (C=O) groups excluding carboxylic acids is 3. The molecule has 3 amide bonds. The standard InChI is InChI=1S/C21H28ClN5O3/c1-12(28)26-20-9-21(10-20,11-20)27-16-7-17(22)24-8-15(16)19(30)25-14-5-3-13(4-6-14)18(29)23-2/h7-8,13-14H,3-6,9-11H2,1-2H3,(H,23,29)(H,24,27)(H,25,30)(H,26,28)/t13-,14-,20?,21?. The Kier molecular flexibility index (Phi) is 5.38. The van der Waals surface area contributed by atoms with E-state index in [1.807, 2.05) is 0 Å². The van der Waals surface area contributed by atoms with Crippen LogP contribution in [-0.2, 0) is 9.59 Å². The normalized spacial score (nSPS) is 31.6. The molecule has 0 unspecified atom stereocenters. The maximum absolute atomic E-state index is 13.0. The molecule has 1 aromatic rings. The molecule has 5 rings (SSSR count). The lowest BCUT2D eigenvalue weighted by atomic mass is 9.44. The summed E-state index contributed by atoms with van der Waals surface area (Å²) in [7, 11) is 1.65. The number of halogens is 1. The van der Waals surface area contributed by atoms with Crippen LogP contribution >= 0.6 is 11.6 Å². The zero-order valence-electron chi connectivity index (χ0n) is 17.3. The number of nitrogens with zero attached hydrogens (tertiary/aromatic N) is 1. The highest BCUT2D eigenvalue weighted by Crippen LogP contribution is 2.61. The van der Waals surface area contributed by atoms with E-state index in [4.69, 9.17) is 11.6 Å². The highest BCUT2D eigenvalue weighted by molar-refractivity contribution is 6.29. The maximum atomic E-state index is 13.0. The average molecular weight is 434 g/mol. The molecular weight excluding hydrogens is 406 g/mol. The first-order valence-corrected chi connectivity index (χ1v) is 10.9. The number of pyridine rings is 1. The summed E-state index contributed by atoms with van der Waals surface area (Å²) >= 11 is 6.09. The summed E-state index contributed by atoms with van der Waals surface area (Å²) in [6, 6.07) is 1.73. The number of nitrogens with one attached hydrogen (secondary N) is 4. The van der Waals surface area contributed by atoms with Gasteiger partial charge in [0.05, 0.1) is 11.3 Å². The maximum Gasteiger partial charge on any atom is 0.255 e. The van der Waals surface area contributed by atoms with Crippen molar-refractivity contribution in [1.82, 2.24) is 20.9 Å². The van der Waals surface area contributed by atoms with Gasteiger partial charge in [0.1, 0.15) is 5.15 Å². The number of anilines is 1. The molecule has 1 aromatic heterocycles. The third-order valence-electron chi connectivity index (χ3n) is 6.67. The predicted octanol–water partition coefficient (Wildman–Crippen LogP) is 1.99. The summed E-state index contributed by atoms with van der Waals surface area (Å²) in [6.45, 7) is 1.54. The molecule has 0 radical (unpaired) electrons. The fourth-order valence-corrected chi connectivity index (χ4v) is 5.55. The summed E-state index contributed by atoms with van der Waals surface area (Å²) in [5.74, 6) is -0.101. The largest absolute Gasteiger partial charge is 0.379 e. The van der Waals surface area contributed by atoms with Crippen LogP contribution in [0.1, 0.15) is 62.2 Å². The van der Waals surface area contributed by atoms with Gasteiger partial charge in [0.25, 0.3) is 5.91 Å². The molecule has 0 atom stereocenters. The second-order valence-corrected chi connectivity index (χ2v) is 9.47. The summed E-state index contributed by atoms with van der Waals surface area (Å²) in [5, 5.41) is 12.6. The minimum atomic E-state index is -0.187. The van der Waals surface area contributed by atoms with Gasteiger partial charge in [-0.05, 0) is 51.0 Å². The molecule has 0 saturated heterocycles. The second-order valence-electron chi connectivity index (χ2n) is 9.09. The van der Waals surface area contributed by atoms with Gasteiger partial charge >= 0.3 is 0 Å². The smallest absolute Gasteiger partial charge is 0.255 e. The molecule has 9 heteroatoms. The summed E-state index contributed by atoms with van der Waals surface area (Å²) in [5.41, 5.74) is 0.934. The Morgan fingerprint density at radius 3 is 2.37 bits per heavy atom. The van der Waals surface area contributed by atoms with Gasteiger partial charge in [0, 0.05) is 43.2 Å². The predicted molar refractivity (Wildman–Crippen MR) is 113 cm³/mol.